The largest absolute Gasteiger partial charge is 0.466 e. The van der Waals surface area contributed by atoms with Crippen molar-refractivity contribution in [1.29, 1.82) is 0 Å². The van der Waals surface area contributed by atoms with Crippen LogP contribution in [0.4, 0.5) is 0 Å². The van der Waals surface area contributed by atoms with Gasteiger partial charge in [0.05, 0.1) is 25.4 Å². The fourth-order valence-electron chi connectivity index (χ4n) is 9.81. The number of carbonyl (C=O) groups is 2. The highest BCUT2D eigenvalue weighted by Gasteiger charge is 2.20. The molecule has 0 aliphatic rings. The molecule has 0 aromatic rings. The molecule has 0 radical (unpaired) electrons. The number of carbonyl (C=O) groups excluding carboxylic acids is 2. The Hall–Kier alpha value is -1.40. The predicted octanol–water partition coefficient (Wildman–Crippen LogP) is 19.2. The van der Waals surface area contributed by atoms with Gasteiger partial charge < -0.3 is 20.3 Å². The maximum atomic E-state index is 12.5. The quantitative estimate of drug-likeness (QED) is 0.0321. The lowest BCUT2D eigenvalue weighted by molar-refractivity contribution is -0.143. The third kappa shape index (κ3) is 53.9. The first-order valence-electron chi connectivity index (χ1n) is 30.9. The smallest absolute Gasteiger partial charge is 0.305 e. The Bertz CT molecular complexity index is 1020. The van der Waals surface area contributed by atoms with Gasteiger partial charge in [-0.05, 0) is 51.4 Å². The maximum absolute atomic E-state index is 12.5. The average molecular weight is 961 g/mol. The summed E-state index contributed by atoms with van der Waals surface area (Å²) >= 11 is 0. The molecule has 6 nitrogen and oxygen atoms in total. The van der Waals surface area contributed by atoms with E-state index in [-0.39, 0.29) is 18.5 Å². The summed E-state index contributed by atoms with van der Waals surface area (Å²) in [6.45, 7) is 4.97. The third-order valence-electron chi connectivity index (χ3n) is 14.6. The highest BCUT2D eigenvalue weighted by Crippen LogP contribution is 2.18. The number of unbranched alkanes of at least 4 members (excludes halogenated alkanes) is 45. The van der Waals surface area contributed by atoms with Crippen LogP contribution in [0.5, 0.6) is 0 Å². The number of aliphatic hydroxyl groups is 2. The molecule has 6 heteroatoms. The van der Waals surface area contributed by atoms with Crippen molar-refractivity contribution in [3.05, 3.63) is 12.2 Å². The number of rotatable bonds is 58. The van der Waals surface area contributed by atoms with Gasteiger partial charge in [-0.25, -0.2) is 0 Å². The molecule has 0 aromatic heterocycles. The molecule has 0 saturated carbocycles. The normalized spacial score (nSPS) is 12.6. The van der Waals surface area contributed by atoms with Gasteiger partial charge in [-0.3, -0.25) is 9.59 Å². The van der Waals surface area contributed by atoms with Crippen LogP contribution in [0.15, 0.2) is 12.2 Å². The number of esters is 1. The van der Waals surface area contributed by atoms with Gasteiger partial charge in [0.2, 0.25) is 5.91 Å². The standard InChI is InChI=1S/C62H121NO5/c1-3-5-7-9-11-13-15-17-18-27-31-34-38-42-46-50-54-60(65)59(58-64)63-61(66)55-51-47-43-39-35-32-28-25-23-21-19-20-22-24-26-29-33-37-41-45-49-53-57-68-62(67)56-52-48-44-40-36-30-16-14-12-10-8-6-4-2/h21,23,59-60,64-65H,3-20,22,24-58H2,1-2H3,(H,63,66)/b23-21-. The lowest BCUT2D eigenvalue weighted by Gasteiger charge is -2.22. The van der Waals surface area contributed by atoms with Gasteiger partial charge in [0, 0.05) is 12.8 Å². The van der Waals surface area contributed by atoms with Crippen molar-refractivity contribution in [2.75, 3.05) is 13.2 Å². The van der Waals surface area contributed by atoms with Gasteiger partial charge in [0.25, 0.3) is 0 Å². The van der Waals surface area contributed by atoms with E-state index in [1.807, 2.05) is 0 Å². The van der Waals surface area contributed by atoms with E-state index in [1.54, 1.807) is 0 Å². The van der Waals surface area contributed by atoms with E-state index in [9.17, 15) is 19.8 Å². The zero-order valence-electron chi connectivity index (χ0n) is 46.1. The van der Waals surface area contributed by atoms with Crippen molar-refractivity contribution in [2.24, 2.45) is 0 Å². The van der Waals surface area contributed by atoms with Crippen LogP contribution in [0.2, 0.25) is 0 Å². The average Bonchev–Trinajstić information content (AvgIpc) is 3.34. The molecule has 68 heavy (non-hydrogen) atoms. The van der Waals surface area contributed by atoms with E-state index in [1.165, 1.54) is 276 Å². The monoisotopic (exact) mass is 960 g/mol. The highest BCUT2D eigenvalue weighted by molar-refractivity contribution is 5.76. The van der Waals surface area contributed by atoms with Crippen LogP contribution in [0.3, 0.4) is 0 Å². The van der Waals surface area contributed by atoms with Crippen LogP contribution in [-0.4, -0.2) is 47.4 Å². The fourth-order valence-corrected chi connectivity index (χ4v) is 9.81. The van der Waals surface area contributed by atoms with Gasteiger partial charge >= 0.3 is 5.97 Å². The molecule has 0 saturated heterocycles. The SMILES string of the molecule is CCCCCCCCCCCCCCCCCCC(O)C(CO)NC(=O)CCCCCCCCC/C=C\CCCCCCCCCCCCCOC(=O)CCCCCCCCCCCCCCC. The lowest BCUT2D eigenvalue weighted by Crippen LogP contribution is -2.45. The molecular formula is C62H121NO5. The number of hydrogen-bond donors (Lipinski definition) is 3. The van der Waals surface area contributed by atoms with Gasteiger partial charge in [-0.1, -0.05) is 296 Å². The fraction of sp³-hybridized carbons (Fsp3) is 0.935. The number of aliphatic hydroxyl groups excluding tert-OH is 2. The predicted molar refractivity (Wildman–Crippen MR) is 297 cm³/mol. The number of nitrogens with one attached hydrogen (secondary N) is 1. The number of amides is 1. The van der Waals surface area contributed by atoms with Crippen molar-refractivity contribution < 1.29 is 24.5 Å². The highest BCUT2D eigenvalue weighted by atomic mass is 16.5. The van der Waals surface area contributed by atoms with E-state index >= 15 is 0 Å². The van der Waals surface area contributed by atoms with Crippen molar-refractivity contribution >= 4 is 11.9 Å². The third-order valence-corrected chi connectivity index (χ3v) is 14.6. The summed E-state index contributed by atoms with van der Waals surface area (Å²) in [5.74, 6) is -0.0271. The van der Waals surface area contributed by atoms with Gasteiger partial charge in [-0.2, -0.15) is 0 Å². The molecular weight excluding hydrogens is 839 g/mol. The number of hydrogen-bond acceptors (Lipinski definition) is 5. The first-order valence-corrected chi connectivity index (χ1v) is 30.9. The molecule has 0 spiro atoms. The molecule has 2 unspecified atom stereocenters. The molecule has 0 heterocycles. The molecule has 0 fully saturated rings. The molecule has 3 N–H and O–H groups in total. The van der Waals surface area contributed by atoms with E-state index in [2.05, 4.69) is 31.3 Å². The molecule has 0 aliphatic heterocycles. The van der Waals surface area contributed by atoms with Gasteiger partial charge in [0.1, 0.15) is 0 Å². The first-order chi connectivity index (χ1) is 33.5. The zero-order valence-corrected chi connectivity index (χ0v) is 46.1. The molecule has 0 bridgehead atoms. The second kappa shape index (κ2) is 58.2. The summed E-state index contributed by atoms with van der Waals surface area (Å²) in [5.41, 5.74) is 0. The van der Waals surface area contributed by atoms with E-state index in [4.69, 9.17) is 4.74 Å². The Morgan fingerprint density at radius 1 is 0.397 bits per heavy atom. The molecule has 0 aliphatic carbocycles. The van der Waals surface area contributed by atoms with Gasteiger partial charge in [-0.15, -0.1) is 0 Å². The second-order valence-corrected chi connectivity index (χ2v) is 21.4. The zero-order chi connectivity index (χ0) is 49.3. The maximum Gasteiger partial charge on any atom is 0.305 e. The van der Waals surface area contributed by atoms with Gasteiger partial charge in [0.15, 0.2) is 0 Å². The summed E-state index contributed by atoms with van der Waals surface area (Å²) in [6, 6.07) is -0.546. The van der Waals surface area contributed by atoms with Crippen LogP contribution in [0, 0.1) is 0 Å². The number of allylic oxidation sites excluding steroid dienone is 2. The first kappa shape index (κ1) is 66.6. The second-order valence-electron chi connectivity index (χ2n) is 21.4. The van der Waals surface area contributed by atoms with Crippen LogP contribution in [0.25, 0.3) is 0 Å². The van der Waals surface area contributed by atoms with Crippen molar-refractivity contribution in [1.82, 2.24) is 5.32 Å². The van der Waals surface area contributed by atoms with Crippen molar-refractivity contribution in [2.45, 2.75) is 360 Å². The van der Waals surface area contributed by atoms with E-state index in [0.717, 1.165) is 38.5 Å². The topological polar surface area (TPSA) is 95.9 Å². The summed E-state index contributed by atoms with van der Waals surface area (Å²) in [5, 5.41) is 23.3. The van der Waals surface area contributed by atoms with Crippen LogP contribution in [0.1, 0.15) is 348 Å². The van der Waals surface area contributed by atoms with Crippen LogP contribution >= 0.6 is 0 Å². The minimum Gasteiger partial charge on any atom is -0.466 e. The molecule has 404 valence electrons. The van der Waals surface area contributed by atoms with Crippen molar-refractivity contribution in [3.63, 3.8) is 0 Å². The minimum absolute atomic E-state index is 0.0122. The summed E-state index contributed by atoms with van der Waals surface area (Å²) in [4.78, 5) is 24.5. The summed E-state index contributed by atoms with van der Waals surface area (Å²) < 4.78 is 5.48. The molecule has 0 rings (SSSR count). The van der Waals surface area contributed by atoms with Crippen LogP contribution in [-0.2, 0) is 14.3 Å². The summed E-state index contributed by atoms with van der Waals surface area (Å²) in [7, 11) is 0. The van der Waals surface area contributed by atoms with Crippen molar-refractivity contribution in [3.8, 4) is 0 Å². The lowest BCUT2D eigenvalue weighted by atomic mass is 10.0. The Morgan fingerprint density at radius 2 is 0.691 bits per heavy atom. The minimum atomic E-state index is -0.668. The molecule has 1 amide bonds. The molecule has 0 aromatic carbocycles. The Labute approximate surface area is 425 Å². The van der Waals surface area contributed by atoms with Crippen LogP contribution < -0.4 is 5.32 Å². The Morgan fingerprint density at radius 3 is 1.04 bits per heavy atom. The van der Waals surface area contributed by atoms with E-state index < -0.39 is 12.1 Å². The van der Waals surface area contributed by atoms with E-state index in [0.29, 0.717) is 25.9 Å². The summed E-state index contributed by atoms with van der Waals surface area (Å²) in [6.07, 6.45) is 69.3. The molecule has 2 atom stereocenters. The number of ether oxygens (including phenoxy) is 1. The Balaban J connectivity index is 3.41. The Kier molecular flexibility index (Phi) is 57.0.